The smallest absolute Gasteiger partial charge is 0.271 e. The Morgan fingerprint density at radius 2 is 1.88 bits per heavy atom. The lowest BCUT2D eigenvalue weighted by Gasteiger charge is -2.09. The van der Waals surface area contributed by atoms with Crippen LogP contribution in [0.3, 0.4) is 0 Å². The van der Waals surface area contributed by atoms with Gasteiger partial charge in [0.05, 0.1) is 31.8 Å². The van der Waals surface area contributed by atoms with Crippen LogP contribution in [0.1, 0.15) is 22.8 Å². The van der Waals surface area contributed by atoms with Crippen molar-refractivity contribution in [3.8, 4) is 5.75 Å². The monoisotopic (exact) mass is 492 g/mol. The van der Waals surface area contributed by atoms with E-state index in [9.17, 15) is 4.79 Å². The molecule has 0 heterocycles. The zero-order chi connectivity index (χ0) is 17.7. The molecule has 0 atom stereocenters. The maximum atomic E-state index is 12.0. The topological polar surface area (TPSA) is 50.7 Å². The Morgan fingerprint density at radius 3 is 2.46 bits per heavy atom. The van der Waals surface area contributed by atoms with Gasteiger partial charge in [-0.2, -0.15) is 5.10 Å². The van der Waals surface area contributed by atoms with Crippen LogP contribution in [-0.4, -0.2) is 18.7 Å². The second-order valence-corrected chi connectivity index (χ2v) is 7.10. The fraction of sp³-hybridized carbons (Fsp3) is 0.125. The molecule has 8 heteroatoms. The van der Waals surface area contributed by atoms with Crippen molar-refractivity contribution >= 4 is 67.2 Å². The lowest BCUT2D eigenvalue weighted by Crippen LogP contribution is -2.17. The molecule has 1 amide bonds. The molecule has 4 nitrogen and oxygen atoms in total. The number of nitrogens with zero attached hydrogens (tertiary/aromatic N) is 1. The first-order valence-electron chi connectivity index (χ1n) is 6.82. The molecule has 0 bridgehead atoms. The van der Waals surface area contributed by atoms with Crippen molar-refractivity contribution < 1.29 is 9.53 Å². The molecule has 2 rings (SSSR count). The molecule has 0 radical (unpaired) electrons. The number of halogens is 4. The fourth-order valence-corrected chi connectivity index (χ4v) is 3.55. The average molecular weight is 495 g/mol. The predicted octanol–water partition coefficient (Wildman–Crippen LogP) is 5.68. The Kier molecular flexibility index (Phi) is 7.10. The number of hydrazone groups is 1. The van der Waals surface area contributed by atoms with E-state index in [1.165, 1.54) is 12.3 Å². The van der Waals surface area contributed by atoms with Crippen LogP contribution in [0.5, 0.6) is 5.75 Å². The van der Waals surface area contributed by atoms with Crippen molar-refractivity contribution in [1.29, 1.82) is 0 Å². The van der Waals surface area contributed by atoms with Gasteiger partial charge in [0.2, 0.25) is 0 Å². The second kappa shape index (κ2) is 8.85. The van der Waals surface area contributed by atoms with Gasteiger partial charge < -0.3 is 4.74 Å². The SMILES string of the molecule is CCOc1c(Br)cc(/C=N\NC(=O)c2ccc(Cl)c(Cl)c2)cc1Br. The normalized spacial score (nSPS) is 10.9. The molecule has 0 aliphatic heterocycles. The van der Waals surface area contributed by atoms with Crippen molar-refractivity contribution in [2.45, 2.75) is 6.92 Å². The van der Waals surface area contributed by atoms with E-state index in [-0.39, 0.29) is 5.91 Å². The minimum Gasteiger partial charge on any atom is -0.492 e. The molecule has 0 saturated heterocycles. The van der Waals surface area contributed by atoms with E-state index in [0.29, 0.717) is 22.2 Å². The number of hydrogen-bond donors (Lipinski definition) is 1. The molecule has 0 aliphatic carbocycles. The molecule has 1 N–H and O–H groups in total. The van der Waals surface area contributed by atoms with Gasteiger partial charge in [-0.05, 0) is 74.7 Å². The summed E-state index contributed by atoms with van der Waals surface area (Å²) in [5.41, 5.74) is 3.59. The van der Waals surface area contributed by atoms with Gasteiger partial charge in [-0.15, -0.1) is 0 Å². The molecule has 0 spiro atoms. The van der Waals surface area contributed by atoms with Gasteiger partial charge in [-0.3, -0.25) is 4.79 Å². The van der Waals surface area contributed by atoms with E-state index >= 15 is 0 Å². The molecule has 2 aromatic carbocycles. The van der Waals surface area contributed by atoms with Gasteiger partial charge in [-0.1, -0.05) is 23.2 Å². The molecular formula is C16H12Br2Cl2N2O2. The second-order valence-electron chi connectivity index (χ2n) is 4.57. The molecule has 0 aromatic heterocycles. The van der Waals surface area contributed by atoms with E-state index in [1.54, 1.807) is 12.1 Å². The van der Waals surface area contributed by atoms with E-state index in [2.05, 4.69) is 42.4 Å². The highest BCUT2D eigenvalue weighted by atomic mass is 79.9. The van der Waals surface area contributed by atoms with Gasteiger partial charge >= 0.3 is 0 Å². The molecule has 2 aromatic rings. The molecule has 24 heavy (non-hydrogen) atoms. The first kappa shape index (κ1) is 19.2. The van der Waals surface area contributed by atoms with Crippen molar-refractivity contribution in [2.24, 2.45) is 5.10 Å². The highest BCUT2D eigenvalue weighted by Crippen LogP contribution is 2.34. The van der Waals surface area contributed by atoms with Crippen LogP contribution in [0.25, 0.3) is 0 Å². The van der Waals surface area contributed by atoms with Gasteiger partial charge in [0.25, 0.3) is 5.91 Å². The minimum atomic E-state index is -0.381. The zero-order valence-corrected chi connectivity index (χ0v) is 17.1. The summed E-state index contributed by atoms with van der Waals surface area (Å²) in [6.07, 6.45) is 1.53. The Balaban J connectivity index is 2.08. The fourth-order valence-electron chi connectivity index (χ4n) is 1.80. The minimum absolute atomic E-state index is 0.313. The first-order chi connectivity index (χ1) is 11.4. The number of carbonyl (C=O) groups is 1. The molecule has 0 unspecified atom stereocenters. The van der Waals surface area contributed by atoms with E-state index in [1.807, 2.05) is 19.1 Å². The van der Waals surface area contributed by atoms with Crippen molar-refractivity contribution in [1.82, 2.24) is 5.43 Å². The van der Waals surface area contributed by atoms with E-state index in [0.717, 1.165) is 20.3 Å². The Hall–Kier alpha value is -1.08. The molecule has 0 fully saturated rings. The van der Waals surface area contributed by atoms with Gasteiger partial charge in [0.1, 0.15) is 5.75 Å². The van der Waals surface area contributed by atoms with Crippen molar-refractivity contribution in [2.75, 3.05) is 6.61 Å². The van der Waals surface area contributed by atoms with Crippen LogP contribution in [0.2, 0.25) is 10.0 Å². The van der Waals surface area contributed by atoms with Gasteiger partial charge in [0, 0.05) is 5.56 Å². The third-order valence-corrected chi connectivity index (χ3v) is 4.79. The summed E-state index contributed by atoms with van der Waals surface area (Å²) < 4.78 is 7.09. The van der Waals surface area contributed by atoms with Crippen LogP contribution in [-0.2, 0) is 0 Å². The molecule has 0 aliphatic rings. The largest absolute Gasteiger partial charge is 0.492 e. The van der Waals surface area contributed by atoms with Crippen molar-refractivity contribution in [3.05, 3.63) is 60.4 Å². The summed E-state index contributed by atoms with van der Waals surface area (Å²) in [5, 5.41) is 4.65. The van der Waals surface area contributed by atoms with Crippen LogP contribution >= 0.6 is 55.1 Å². The standard InChI is InChI=1S/C16H12Br2Cl2N2O2/c1-2-24-15-11(17)5-9(6-12(15)18)8-21-22-16(23)10-3-4-13(19)14(20)7-10/h3-8H,2H2,1H3,(H,22,23)/b21-8-. The highest BCUT2D eigenvalue weighted by molar-refractivity contribution is 9.11. The summed E-state index contributed by atoms with van der Waals surface area (Å²) in [7, 11) is 0. The lowest BCUT2D eigenvalue weighted by molar-refractivity contribution is 0.0955. The van der Waals surface area contributed by atoms with Gasteiger partial charge in [0.15, 0.2) is 0 Å². The van der Waals surface area contributed by atoms with E-state index < -0.39 is 0 Å². The summed E-state index contributed by atoms with van der Waals surface area (Å²) in [6, 6.07) is 8.29. The lowest BCUT2D eigenvalue weighted by atomic mass is 10.2. The maximum Gasteiger partial charge on any atom is 0.271 e. The predicted molar refractivity (Wildman–Crippen MR) is 105 cm³/mol. The van der Waals surface area contributed by atoms with Crippen LogP contribution in [0, 0.1) is 0 Å². The number of benzene rings is 2. The third kappa shape index (κ3) is 4.96. The molecular weight excluding hydrogens is 483 g/mol. The molecule has 126 valence electrons. The summed E-state index contributed by atoms with van der Waals surface area (Å²) in [4.78, 5) is 12.0. The zero-order valence-electron chi connectivity index (χ0n) is 12.4. The highest BCUT2D eigenvalue weighted by Gasteiger charge is 2.09. The number of rotatable bonds is 5. The number of carbonyl (C=O) groups excluding carboxylic acids is 1. The number of amides is 1. The van der Waals surface area contributed by atoms with Gasteiger partial charge in [-0.25, -0.2) is 5.43 Å². The summed E-state index contributed by atoms with van der Waals surface area (Å²) >= 11 is 18.6. The van der Waals surface area contributed by atoms with Crippen LogP contribution < -0.4 is 10.2 Å². The third-order valence-electron chi connectivity index (χ3n) is 2.87. The van der Waals surface area contributed by atoms with Crippen LogP contribution in [0.4, 0.5) is 0 Å². The van der Waals surface area contributed by atoms with Crippen molar-refractivity contribution in [3.63, 3.8) is 0 Å². The Labute approximate surface area is 166 Å². The number of nitrogens with one attached hydrogen (secondary N) is 1. The average Bonchev–Trinajstić information content (AvgIpc) is 2.53. The summed E-state index contributed by atoms with van der Waals surface area (Å²) in [5.74, 6) is 0.336. The summed E-state index contributed by atoms with van der Waals surface area (Å²) in [6.45, 7) is 2.47. The number of hydrogen-bond acceptors (Lipinski definition) is 3. The maximum absolute atomic E-state index is 12.0. The van der Waals surface area contributed by atoms with Crippen LogP contribution in [0.15, 0.2) is 44.4 Å². The quantitative estimate of drug-likeness (QED) is 0.429. The molecule has 0 saturated carbocycles. The first-order valence-corrected chi connectivity index (χ1v) is 9.17. The Morgan fingerprint density at radius 1 is 1.21 bits per heavy atom. The number of ether oxygens (including phenoxy) is 1. The van der Waals surface area contributed by atoms with E-state index in [4.69, 9.17) is 27.9 Å². The Bertz CT molecular complexity index is 775.